The molecule has 0 fully saturated rings. The molecule has 0 unspecified atom stereocenters. The Morgan fingerprint density at radius 2 is 2.00 bits per heavy atom. The lowest BCUT2D eigenvalue weighted by Gasteiger charge is -2.08. The van der Waals surface area contributed by atoms with Gasteiger partial charge in [-0.1, -0.05) is 11.6 Å². The van der Waals surface area contributed by atoms with Crippen LogP contribution in [0.15, 0.2) is 36.4 Å². The molecule has 0 spiro atoms. The number of rotatable bonds is 2. The summed E-state index contributed by atoms with van der Waals surface area (Å²) in [5.41, 5.74) is 2.52. The van der Waals surface area contributed by atoms with E-state index in [-0.39, 0.29) is 10.9 Å². The molecule has 0 aliphatic rings. The van der Waals surface area contributed by atoms with E-state index in [9.17, 15) is 4.39 Å². The fraction of sp³-hybridized carbons (Fsp3) is 0.0714. The van der Waals surface area contributed by atoms with Gasteiger partial charge in [-0.3, -0.25) is 4.57 Å². The van der Waals surface area contributed by atoms with Gasteiger partial charge in [0.05, 0.1) is 21.9 Å². The van der Waals surface area contributed by atoms with Crippen LogP contribution in [0, 0.1) is 9.39 Å². The average Bonchev–Trinajstić information content (AvgIpc) is 2.79. The van der Waals surface area contributed by atoms with Crippen LogP contribution in [0.2, 0.25) is 5.02 Å². The van der Waals surface area contributed by atoms with E-state index in [4.69, 9.17) is 23.2 Å². The third-order valence-corrected chi connectivity index (χ3v) is 4.17. The lowest BCUT2D eigenvalue weighted by Crippen LogP contribution is -1.99. The van der Waals surface area contributed by atoms with Crippen molar-refractivity contribution in [3.63, 3.8) is 0 Å². The molecule has 6 heteroatoms. The number of alkyl halides is 1. The highest BCUT2D eigenvalue weighted by Crippen LogP contribution is 2.26. The van der Waals surface area contributed by atoms with Crippen LogP contribution < -0.4 is 0 Å². The monoisotopic (exact) mass is 420 g/mol. The Morgan fingerprint density at radius 3 is 2.70 bits per heavy atom. The Bertz CT molecular complexity index is 801. The first-order valence-corrected chi connectivity index (χ1v) is 7.77. The van der Waals surface area contributed by atoms with Crippen LogP contribution in [-0.4, -0.2) is 9.55 Å². The van der Waals surface area contributed by atoms with Gasteiger partial charge in [-0.2, -0.15) is 0 Å². The van der Waals surface area contributed by atoms with E-state index < -0.39 is 5.82 Å². The number of hydrogen-bond donors (Lipinski definition) is 0. The van der Waals surface area contributed by atoms with Crippen LogP contribution >= 0.6 is 45.8 Å². The molecular weight excluding hydrogens is 413 g/mol. The molecule has 0 saturated carbocycles. The predicted molar refractivity (Wildman–Crippen MR) is 88.3 cm³/mol. The van der Waals surface area contributed by atoms with Gasteiger partial charge in [0.25, 0.3) is 0 Å². The quantitative estimate of drug-likeness (QED) is 0.413. The molecule has 2 nitrogen and oxygen atoms in total. The summed E-state index contributed by atoms with van der Waals surface area (Å²) in [6, 6.07) is 10.5. The third kappa shape index (κ3) is 2.40. The van der Waals surface area contributed by atoms with Crippen molar-refractivity contribution in [3.05, 3.63) is 56.6 Å². The Balaban J connectivity index is 2.30. The minimum absolute atomic E-state index is 0.0791. The summed E-state index contributed by atoms with van der Waals surface area (Å²) in [5, 5.41) is 0.0791. The lowest BCUT2D eigenvalue weighted by molar-refractivity contribution is 0.628. The van der Waals surface area contributed by atoms with Crippen molar-refractivity contribution in [1.29, 1.82) is 0 Å². The maximum Gasteiger partial charge on any atom is 0.141 e. The van der Waals surface area contributed by atoms with Gasteiger partial charge in [0, 0.05) is 9.26 Å². The maximum atomic E-state index is 13.3. The summed E-state index contributed by atoms with van der Waals surface area (Å²) in [4.78, 5) is 4.51. The Morgan fingerprint density at radius 1 is 1.20 bits per heavy atom. The van der Waals surface area contributed by atoms with Gasteiger partial charge in [-0.25, -0.2) is 9.37 Å². The fourth-order valence-corrected chi connectivity index (χ4v) is 2.93. The van der Waals surface area contributed by atoms with Crippen molar-refractivity contribution < 1.29 is 4.39 Å². The van der Waals surface area contributed by atoms with E-state index >= 15 is 0 Å². The standard InChI is InChI=1S/C14H8Cl2FIN2/c15-7-14-19-12-5-8(18)1-4-13(12)20(14)9-2-3-11(17)10(16)6-9/h1-6H,7H2. The first kappa shape index (κ1) is 14.1. The smallest absolute Gasteiger partial charge is 0.141 e. The van der Waals surface area contributed by atoms with Crippen molar-refractivity contribution in [2.75, 3.05) is 0 Å². The number of nitrogens with zero attached hydrogens (tertiary/aromatic N) is 2. The normalized spacial score (nSPS) is 11.2. The van der Waals surface area contributed by atoms with E-state index in [1.165, 1.54) is 6.07 Å². The molecule has 3 aromatic rings. The van der Waals surface area contributed by atoms with E-state index in [0.29, 0.717) is 5.82 Å². The summed E-state index contributed by atoms with van der Waals surface area (Å²) in [6.45, 7) is 0. The molecular formula is C14H8Cl2FIN2. The van der Waals surface area contributed by atoms with Crippen LogP contribution in [0.4, 0.5) is 4.39 Å². The molecule has 0 bridgehead atoms. The van der Waals surface area contributed by atoms with Crippen LogP contribution in [0.25, 0.3) is 16.7 Å². The minimum Gasteiger partial charge on any atom is -0.295 e. The maximum absolute atomic E-state index is 13.3. The second kappa shape index (κ2) is 5.50. The van der Waals surface area contributed by atoms with Crippen molar-refractivity contribution in [3.8, 4) is 5.69 Å². The van der Waals surface area contributed by atoms with Crippen LogP contribution in [0.1, 0.15) is 5.82 Å². The Labute approximate surface area is 138 Å². The van der Waals surface area contributed by atoms with Gasteiger partial charge in [0.1, 0.15) is 11.6 Å². The number of aromatic nitrogens is 2. The molecule has 3 rings (SSSR count). The van der Waals surface area contributed by atoms with Gasteiger partial charge in [0.2, 0.25) is 0 Å². The van der Waals surface area contributed by atoms with E-state index in [2.05, 4.69) is 27.6 Å². The van der Waals surface area contributed by atoms with Gasteiger partial charge in [-0.15, -0.1) is 11.6 Å². The van der Waals surface area contributed by atoms with Crippen molar-refractivity contribution in [2.45, 2.75) is 5.88 Å². The number of imidazole rings is 1. The Kier molecular flexibility index (Phi) is 3.88. The summed E-state index contributed by atoms with van der Waals surface area (Å²) < 4.78 is 16.3. The molecule has 1 aromatic heterocycles. The number of halogens is 4. The van der Waals surface area contributed by atoms with Crippen LogP contribution in [0.3, 0.4) is 0 Å². The SMILES string of the molecule is Fc1ccc(-n2c(CCl)nc3cc(I)ccc32)cc1Cl. The second-order valence-corrected chi connectivity index (χ2v) is 6.15. The first-order valence-electron chi connectivity index (χ1n) is 5.78. The number of fused-ring (bicyclic) bond motifs is 1. The molecule has 2 aromatic carbocycles. The number of hydrogen-bond acceptors (Lipinski definition) is 1. The summed E-state index contributed by atoms with van der Waals surface area (Å²) in [7, 11) is 0. The topological polar surface area (TPSA) is 17.8 Å². The van der Waals surface area contributed by atoms with Crippen molar-refractivity contribution in [2.24, 2.45) is 0 Å². The lowest BCUT2D eigenvalue weighted by atomic mass is 10.2. The van der Waals surface area contributed by atoms with Crippen molar-refractivity contribution >= 4 is 56.8 Å². The molecule has 20 heavy (non-hydrogen) atoms. The fourth-order valence-electron chi connectivity index (χ4n) is 2.11. The summed E-state index contributed by atoms with van der Waals surface area (Å²) in [5.74, 6) is 0.522. The molecule has 0 radical (unpaired) electrons. The largest absolute Gasteiger partial charge is 0.295 e. The molecule has 1 heterocycles. The van der Waals surface area contributed by atoms with Gasteiger partial charge < -0.3 is 0 Å². The molecule has 0 N–H and O–H groups in total. The highest BCUT2D eigenvalue weighted by molar-refractivity contribution is 14.1. The van der Waals surface area contributed by atoms with Crippen LogP contribution in [-0.2, 0) is 5.88 Å². The zero-order valence-electron chi connectivity index (χ0n) is 10.1. The molecule has 0 atom stereocenters. The van der Waals surface area contributed by atoms with E-state index in [1.807, 2.05) is 22.8 Å². The van der Waals surface area contributed by atoms with E-state index in [0.717, 1.165) is 20.3 Å². The molecule has 0 saturated heterocycles. The van der Waals surface area contributed by atoms with Crippen LogP contribution in [0.5, 0.6) is 0 Å². The van der Waals surface area contributed by atoms with Crippen molar-refractivity contribution in [1.82, 2.24) is 9.55 Å². The predicted octanol–water partition coefficient (Wildman–Crippen LogP) is 5.16. The minimum atomic E-state index is -0.443. The third-order valence-electron chi connectivity index (χ3n) is 2.97. The highest BCUT2D eigenvalue weighted by atomic mass is 127. The van der Waals surface area contributed by atoms with Gasteiger partial charge in [-0.05, 0) is 59.0 Å². The summed E-state index contributed by atoms with van der Waals surface area (Å²) in [6.07, 6.45) is 0. The molecule has 102 valence electrons. The highest BCUT2D eigenvalue weighted by Gasteiger charge is 2.13. The average molecular weight is 421 g/mol. The van der Waals surface area contributed by atoms with Gasteiger partial charge in [0.15, 0.2) is 0 Å². The Hall–Kier alpha value is -0.850. The second-order valence-electron chi connectivity index (χ2n) is 4.23. The molecule has 0 amide bonds. The number of benzene rings is 2. The zero-order valence-corrected chi connectivity index (χ0v) is 13.7. The zero-order chi connectivity index (χ0) is 14.3. The van der Waals surface area contributed by atoms with Gasteiger partial charge >= 0.3 is 0 Å². The molecule has 0 aliphatic carbocycles. The first-order chi connectivity index (χ1) is 9.60. The summed E-state index contributed by atoms with van der Waals surface area (Å²) >= 11 is 14.1. The van der Waals surface area contributed by atoms with E-state index in [1.54, 1.807) is 12.1 Å². The molecule has 0 aliphatic heterocycles.